The van der Waals surface area contributed by atoms with E-state index in [1.807, 2.05) is 0 Å². The summed E-state index contributed by atoms with van der Waals surface area (Å²) in [5, 5.41) is 15.0. The van der Waals surface area contributed by atoms with Crippen LogP contribution in [-0.4, -0.2) is 29.2 Å². The number of aliphatic carboxylic acids is 1. The van der Waals surface area contributed by atoms with Gasteiger partial charge in [-0.2, -0.15) is 0 Å². The Labute approximate surface area is 127 Å². The highest BCUT2D eigenvalue weighted by atomic mass is 16.4. The molecule has 3 N–H and O–H groups in total. The Balaban J connectivity index is 2.57. The standard InChI is InChI=1S/C16H30N2O3/c1-11(2)13(12(3)4)10-17-15(21)18-16(14(19)20)8-6-5-7-9-16/h11-13H,5-10H2,1-4H3,(H,19,20)(H2,17,18,21). The highest BCUT2D eigenvalue weighted by molar-refractivity contribution is 5.86. The second-order valence-corrected chi connectivity index (χ2v) is 6.93. The van der Waals surface area contributed by atoms with E-state index in [-0.39, 0.29) is 6.03 Å². The van der Waals surface area contributed by atoms with E-state index < -0.39 is 11.5 Å². The molecule has 5 nitrogen and oxygen atoms in total. The summed E-state index contributed by atoms with van der Waals surface area (Å²) in [7, 11) is 0. The fourth-order valence-electron chi connectivity index (χ4n) is 3.26. The fraction of sp³-hybridized carbons (Fsp3) is 0.875. The van der Waals surface area contributed by atoms with E-state index in [2.05, 4.69) is 38.3 Å². The lowest BCUT2D eigenvalue weighted by molar-refractivity contribution is -0.145. The number of carbonyl (C=O) groups excluding carboxylic acids is 1. The molecule has 0 bridgehead atoms. The average Bonchev–Trinajstić information content (AvgIpc) is 2.38. The van der Waals surface area contributed by atoms with E-state index in [1.165, 1.54) is 0 Å². The molecule has 1 rings (SSSR count). The predicted octanol–water partition coefficient (Wildman–Crippen LogP) is 3.00. The molecule has 0 spiro atoms. The van der Waals surface area contributed by atoms with Crippen molar-refractivity contribution in [1.29, 1.82) is 0 Å². The van der Waals surface area contributed by atoms with E-state index in [4.69, 9.17) is 0 Å². The summed E-state index contributed by atoms with van der Waals surface area (Å²) in [4.78, 5) is 23.6. The zero-order valence-electron chi connectivity index (χ0n) is 13.7. The van der Waals surface area contributed by atoms with Gasteiger partial charge in [0.25, 0.3) is 0 Å². The first kappa shape index (κ1) is 17.8. The molecule has 1 aliphatic rings. The molecule has 5 heteroatoms. The van der Waals surface area contributed by atoms with Crippen LogP contribution >= 0.6 is 0 Å². The van der Waals surface area contributed by atoms with Gasteiger partial charge < -0.3 is 15.7 Å². The summed E-state index contributed by atoms with van der Waals surface area (Å²) in [5.41, 5.74) is -1.08. The fourth-order valence-corrected chi connectivity index (χ4v) is 3.26. The van der Waals surface area contributed by atoms with Crippen molar-refractivity contribution in [2.45, 2.75) is 65.3 Å². The number of nitrogens with one attached hydrogen (secondary N) is 2. The zero-order chi connectivity index (χ0) is 16.0. The van der Waals surface area contributed by atoms with E-state index in [0.717, 1.165) is 19.3 Å². The Hall–Kier alpha value is -1.26. The topological polar surface area (TPSA) is 78.4 Å². The van der Waals surface area contributed by atoms with Crippen LogP contribution < -0.4 is 10.6 Å². The molecule has 0 atom stereocenters. The van der Waals surface area contributed by atoms with Crippen molar-refractivity contribution < 1.29 is 14.7 Å². The molecule has 0 aromatic rings. The summed E-state index contributed by atoms with van der Waals surface area (Å²) in [5.74, 6) is 0.436. The molecule has 0 heterocycles. The van der Waals surface area contributed by atoms with E-state index in [9.17, 15) is 14.7 Å². The summed E-state index contributed by atoms with van der Waals surface area (Å²) in [6.07, 6.45) is 3.79. The van der Waals surface area contributed by atoms with Crippen molar-refractivity contribution in [3.05, 3.63) is 0 Å². The molecule has 0 unspecified atom stereocenters. The molecule has 0 radical (unpaired) electrons. The molecule has 21 heavy (non-hydrogen) atoms. The smallest absolute Gasteiger partial charge is 0.329 e. The van der Waals surface area contributed by atoms with Gasteiger partial charge in [-0.15, -0.1) is 0 Å². The number of carbonyl (C=O) groups is 2. The van der Waals surface area contributed by atoms with Gasteiger partial charge in [-0.1, -0.05) is 47.0 Å². The first-order chi connectivity index (χ1) is 9.78. The number of hydrogen-bond acceptors (Lipinski definition) is 2. The first-order valence-corrected chi connectivity index (χ1v) is 8.08. The summed E-state index contributed by atoms with van der Waals surface area (Å²) >= 11 is 0. The van der Waals surface area contributed by atoms with E-state index in [1.54, 1.807) is 0 Å². The van der Waals surface area contributed by atoms with Crippen molar-refractivity contribution in [3.63, 3.8) is 0 Å². The van der Waals surface area contributed by atoms with Crippen LogP contribution in [0.5, 0.6) is 0 Å². The van der Waals surface area contributed by atoms with Gasteiger partial charge in [0.05, 0.1) is 0 Å². The van der Waals surface area contributed by atoms with Crippen molar-refractivity contribution in [1.82, 2.24) is 10.6 Å². The monoisotopic (exact) mass is 298 g/mol. The Morgan fingerprint density at radius 1 is 1.05 bits per heavy atom. The number of amides is 2. The van der Waals surface area contributed by atoms with Crippen molar-refractivity contribution >= 4 is 12.0 Å². The highest BCUT2D eigenvalue weighted by Crippen LogP contribution is 2.28. The minimum atomic E-state index is -1.08. The molecule has 0 aromatic carbocycles. The molecule has 0 saturated heterocycles. The molecule has 1 aliphatic carbocycles. The zero-order valence-corrected chi connectivity index (χ0v) is 13.7. The maximum Gasteiger partial charge on any atom is 0.329 e. The predicted molar refractivity (Wildman–Crippen MR) is 83.2 cm³/mol. The minimum absolute atomic E-state index is 0.356. The molecule has 1 fully saturated rings. The number of hydrogen-bond donors (Lipinski definition) is 3. The van der Waals surface area contributed by atoms with Crippen LogP contribution in [0.3, 0.4) is 0 Å². The van der Waals surface area contributed by atoms with Crippen molar-refractivity contribution in [2.24, 2.45) is 17.8 Å². The van der Waals surface area contributed by atoms with E-state index in [0.29, 0.717) is 37.1 Å². The van der Waals surface area contributed by atoms with Gasteiger partial charge in [-0.05, 0) is 30.6 Å². The summed E-state index contributed by atoms with van der Waals surface area (Å²) < 4.78 is 0. The molecular formula is C16H30N2O3. The van der Waals surface area contributed by atoms with Gasteiger partial charge >= 0.3 is 12.0 Å². The van der Waals surface area contributed by atoms with Crippen LogP contribution in [0.1, 0.15) is 59.8 Å². The Bertz CT molecular complexity index is 353. The average molecular weight is 298 g/mol. The lowest BCUT2D eigenvalue weighted by Crippen LogP contribution is -2.58. The minimum Gasteiger partial charge on any atom is -0.480 e. The Kier molecular flexibility index (Phi) is 6.49. The van der Waals surface area contributed by atoms with Crippen LogP contribution in [-0.2, 0) is 4.79 Å². The van der Waals surface area contributed by atoms with Crippen LogP contribution in [0.25, 0.3) is 0 Å². The SMILES string of the molecule is CC(C)C(CNC(=O)NC1(C(=O)O)CCCCC1)C(C)C. The molecule has 0 aliphatic heterocycles. The summed E-state index contributed by atoms with van der Waals surface area (Å²) in [6, 6.07) is -0.356. The van der Waals surface area contributed by atoms with Crippen LogP contribution in [0.2, 0.25) is 0 Å². The lowest BCUT2D eigenvalue weighted by Gasteiger charge is -2.34. The van der Waals surface area contributed by atoms with Crippen molar-refractivity contribution in [3.8, 4) is 0 Å². The molecule has 122 valence electrons. The number of carboxylic acid groups (broad SMARTS) is 1. The molecule has 0 aromatic heterocycles. The van der Waals surface area contributed by atoms with Crippen LogP contribution in [0, 0.1) is 17.8 Å². The second kappa shape index (κ2) is 7.66. The van der Waals surface area contributed by atoms with Gasteiger partial charge in [-0.25, -0.2) is 9.59 Å². The maximum absolute atomic E-state index is 12.1. The third kappa shape index (κ3) is 4.90. The highest BCUT2D eigenvalue weighted by Gasteiger charge is 2.41. The number of urea groups is 1. The van der Waals surface area contributed by atoms with Gasteiger partial charge in [0.1, 0.15) is 5.54 Å². The number of rotatable bonds is 6. The van der Waals surface area contributed by atoms with E-state index >= 15 is 0 Å². The van der Waals surface area contributed by atoms with Crippen LogP contribution in [0.4, 0.5) is 4.79 Å². The van der Waals surface area contributed by atoms with Gasteiger partial charge in [-0.3, -0.25) is 0 Å². The maximum atomic E-state index is 12.1. The van der Waals surface area contributed by atoms with Gasteiger partial charge in [0, 0.05) is 6.54 Å². The lowest BCUT2D eigenvalue weighted by atomic mass is 9.82. The normalized spacial score (nSPS) is 18.0. The third-order valence-electron chi connectivity index (χ3n) is 4.68. The Morgan fingerprint density at radius 2 is 1.57 bits per heavy atom. The molecular weight excluding hydrogens is 268 g/mol. The van der Waals surface area contributed by atoms with Crippen molar-refractivity contribution in [2.75, 3.05) is 6.54 Å². The largest absolute Gasteiger partial charge is 0.480 e. The molecule has 1 saturated carbocycles. The quantitative estimate of drug-likeness (QED) is 0.705. The molecule has 2 amide bonds. The second-order valence-electron chi connectivity index (χ2n) is 6.93. The first-order valence-electron chi connectivity index (χ1n) is 8.08. The van der Waals surface area contributed by atoms with Gasteiger partial charge in [0.2, 0.25) is 0 Å². The summed E-state index contributed by atoms with van der Waals surface area (Å²) in [6.45, 7) is 9.15. The number of carboxylic acids is 1. The Morgan fingerprint density at radius 3 is 2.00 bits per heavy atom. The van der Waals surface area contributed by atoms with Crippen LogP contribution in [0.15, 0.2) is 0 Å². The third-order valence-corrected chi connectivity index (χ3v) is 4.68. The van der Waals surface area contributed by atoms with Gasteiger partial charge in [0.15, 0.2) is 0 Å².